The van der Waals surface area contributed by atoms with E-state index >= 15 is 0 Å². The van der Waals surface area contributed by atoms with Crippen LogP contribution in [0, 0.1) is 11.8 Å². The fraction of sp³-hybridized carbons (Fsp3) is 0.563. The second-order valence-electron chi connectivity index (χ2n) is 36.2. The molecular weight excluding hydrogens is 1900 g/mol. The smallest absolute Gasteiger partial charge is 0.373 e. The van der Waals surface area contributed by atoms with Crippen molar-refractivity contribution in [3.63, 3.8) is 0 Å². The second kappa shape index (κ2) is 128. The van der Waals surface area contributed by atoms with Crippen LogP contribution in [-0.4, -0.2) is 148 Å². The van der Waals surface area contributed by atoms with Gasteiger partial charge in [0.15, 0.2) is 0 Å². The van der Waals surface area contributed by atoms with Crippen molar-refractivity contribution < 1.29 is 114 Å². The third-order valence-corrected chi connectivity index (χ3v) is 19.6. The van der Waals surface area contributed by atoms with Gasteiger partial charge in [-0.2, -0.15) is 9.59 Å². The predicted molar refractivity (Wildman–Crippen MR) is 618 cm³/mol. The highest BCUT2D eigenvalue weighted by molar-refractivity contribution is 5.84. The van der Waals surface area contributed by atoms with Gasteiger partial charge in [-0.1, -0.05) is 429 Å². The zero-order valence-electron chi connectivity index (χ0n) is 96.2. The Morgan fingerprint density at radius 1 is 0.320 bits per heavy atom. The fourth-order valence-corrected chi connectivity index (χ4v) is 12.0. The molecule has 3 aromatic rings. The van der Waals surface area contributed by atoms with Gasteiger partial charge in [0.1, 0.15) is 25.4 Å². The van der Waals surface area contributed by atoms with Crippen LogP contribution in [0.2, 0.25) is 0 Å². The van der Waals surface area contributed by atoms with E-state index in [2.05, 4.69) is 139 Å². The lowest BCUT2D eigenvalue weighted by atomic mass is 9.90. The van der Waals surface area contributed by atoms with E-state index in [1.165, 1.54) is 208 Å². The topological polar surface area (TPSA) is 316 Å². The number of carbonyl (C=O) groups is 10. The van der Waals surface area contributed by atoms with Crippen LogP contribution < -0.4 is 0 Å². The molecule has 0 amide bonds. The minimum Gasteiger partial charge on any atom is -0.463 e. The third kappa shape index (κ3) is 147. The summed E-state index contributed by atoms with van der Waals surface area (Å²) in [5.41, 5.74) is 2.93. The molecule has 0 bridgehead atoms. The summed E-state index contributed by atoms with van der Waals surface area (Å²) in [7, 11) is 0. The standard InChI is InChI=1S/C16H30O3.2C14H26O2.C13H24O3.C10H16O2.C10H10O2.2C8H14O2.2C8H8.C7H12O2.C6H10O2.C3H6.CO2/c1-6-16(17)18-12-15(19-14(4)5)11-9-7-8-10-13(2)3;2*1-3-5-6-7-8-9-10-11-12-13-16-14(15)4-2;1-5-7-8-9-12(16-11(3)4)10-15-13(14)6-2;2*1-2-10(11)12-8-9-6-4-3-5-7-9;2*1-3-5-6-7-10-8(9)4-2;2*1-2-8-6-4-3-5-7-8;1-5-6(8)9-7(2,3)4;1-4-6(7)8-5(2)3;1-3-2;2-1-3/h6,13-15H,1,7-12H2,2-5H3;2*4H,2-3,5-13H2,1H3;6,11-12H,2,5,7-10H2,1,3-4H3;2,9H,1,3-8H2;2-7H,1,8H2;2*4H,2-3,5-7H2,1H3;2*2-7H,1H2;5H,1H2,2-4H3;4-5H,1H2,2-3H3;3H,1H2,2H3;. The first kappa shape index (κ1) is 158. The number of carbonyl (C=O) groups excluding carboxylic acids is 12. The molecule has 0 spiro atoms. The lowest BCUT2D eigenvalue weighted by molar-refractivity contribution is -0.192. The van der Waals surface area contributed by atoms with Crippen molar-refractivity contribution in [2.24, 2.45) is 11.8 Å². The van der Waals surface area contributed by atoms with Crippen LogP contribution in [0.3, 0.4) is 0 Å². The van der Waals surface area contributed by atoms with E-state index in [0.717, 1.165) is 120 Å². The molecule has 150 heavy (non-hydrogen) atoms. The number of unbranched alkanes of at least 4 members (excludes halogenated alkanes) is 24. The summed E-state index contributed by atoms with van der Waals surface area (Å²) in [6, 6.07) is 29.6. The van der Waals surface area contributed by atoms with Crippen molar-refractivity contribution in [3.8, 4) is 0 Å². The molecule has 2 unspecified atom stereocenters. The van der Waals surface area contributed by atoms with Gasteiger partial charge in [0.25, 0.3) is 0 Å². The molecule has 4 rings (SSSR count). The SMILES string of the molecule is C=CC.C=CC(=O)OC(C)(C)C.C=CC(=O)OC(C)C.C=CC(=O)OCC(CCCCC)OC(C)C.C=CC(=O)OCC(CCCCCC(C)C)OC(C)C.C=CC(=O)OCC1CCCCC1.C=CC(=O)OCCCCC.C=CC(=O)OCCCCC.C=CC(=O)OCCCCCCCCCCC.C=CC(=O)OCCCCCCCCCCC.C=CC(=O)OCc1ccccc1.C=Cc1ccccc1.C=Cc1ccccc1.O=C=O. The lowest BCUT2D eigenvalue weighted by Crippen LogP contribution is -2.24. The van der Waals surface area contributed by atoms with Crippen LogP contribution in [0.5, 0.6) is 0 Å². The van der Waals surface area contributed by atoms with E-state index in [1.54, 1.807) is 19.9 Å². The Bertz CT molecular complexity index is 3710. The summed E-state index contributed by atoms with van der Waals surface area (Å²) in [5, 5.41) is 0. The van der Waals surface area contributed by atoms with Crippen LogP contribution in [-0.2, 0) is 121 Å². The average molecular weight is 2100 g/mol. The van der Waals surface area contributed by atoms with Gasteiger partial charge >= 0.3 is 65.8 Å². The molecule has 0 radical (unpaired) electrons. The minimum atomic E-state index is -0.398. The molecule has 0 aliphatic heterocycles. The minimum absolute atomic E-state index is 0.00273. The molecule has 1 saturated carbocycles. The van der Waals surface area contributed by atoms with Crippen molar-refractivity contribution in [1.82, 2.24) is 0 Å². The van der Waals surface area contributed by atoms with Gasteiger partial charge in [0.2, 0.25) is 0 Å². The molecule has 0 aromatic heterocycles. The highest BCUT2D eigenvalue weighted by Gasteiger charge is 2.18. The first-order valence-electron chi connectivity index (χ1n) is 54.0. The quantitative estimate of drug-likeness (QED) is 0.0167. The van der Waals surface area contributed by atoms with Crippen LogP contribution in [0.15, 0.2) is 243 Å². The Morgan fingerprint density at radius 2 is 0.573 bits per heavy atom. The van der Waals surface area contributed by atoms with Gasteiger partial charge in [-0.15, -0.1) is 6.58 Å². The molecule has 3 aromatic carbocycles. The van der Waals surface area contributed by atoms with Crippen molar-refractivity contribution >= 4 is 78.0 Å². The van der Waals surface area contributed by atoms with E-state index in [9.17, 15) is 47.9 Å². The molecule has 0 N–H and O–H groups in total. The largest absolute Gasteiger partial charge is 0.463 e. The number of benzene rings is 3. The van der Waals surface area contributed by atoms with Gasteiger partial charge in [-0.3, -0.25) is 0 Å². The molecule has 2 atom stereocenters. The molecule has 852 valence electrons. The van der Waals surface area contributed by atoms with Gasteiger partial charge in [0.05, 0.1) is 63.6 Å². The Hall–Kier alpha value is -11.7. The Morgan fingerprint density at radius 3 is 0.840 bits per heavy atom. The van der Waals surface area contributed by atoms with Crippen molar-refractivity contribution in [3.05, 3.63) is 260 Å². The lowest BCUT2D eigenvalue weighted by Gasteiger charge is -2.20. The molecule has 0 heterocycles. The first-order valence-corrected chi connectivity index (χ1v) is 54.0. The molecule has 24 nitrogen and oxygen atoms in total. The molecule has 1 aliphatic rings. The Kier molecular flexibility index (Phi) is 135. The van der Waals surface area contributed by atoms with E-state index in [0.29, 0.717) is 58.8 Å². The maximum absolute atomic E-state index is 11.1. The number of allylic oxidation sites excluding steroid dienone is 1. The molecule has 1 aliphatic carbocycles. The van der Waals surface area contributed by atoms with Crippen LogP contribution in [0.1, 0.15) is 378 Å². The maximum atomic E-state index is 11.1. The van der Waals surface area contributed by atoms with Gasteiger partial charge < -0.3 is 56.8 Å². The van der Waals surface area contributed by atoms with E-state index in [4.69, 9.17) is 61.7 Å². The summed E-state index contributed by atoms with van der Waals surface area (Å²) < 4.78 is 60.0. The highest BCUT2D eigenvalue weighted by Crippen LogP contribution is 2.24. The number of ether oxygens (including phenoxy) is 12. The average Bonchev–Trinajstić information content (AvgIpc) is 0.934. The zero-order chi connectivity index (χ0) is 116. The molecule has 1 fully saturated rings. The first-order chi connectivity index (χ1) is 71.7. The summed E-state index contributed by atoms with van der Waals surface area (Å²) in [4.78, 5) is 123. The highest BCUT2D eigenvalue weighted by atomic mass is 16.6. The Labute approximate surface area is 909 Å². The summed E-state index contributed by atoms with van der Waals surface area (Å²) in [6.45, 7) is 81.7. The van der Waals surface area contributed by atoms with Crippen molar-refractivity contribution in [1.29, 1.82) is 0 Å². The zero-order valence-corrected chi connectivity index (χ0v) is 96.2. The molecule has 0 saturated heterocycles. The van der Waals surface area contributed by atoms with Crippen molar-refractivity contribution in [2.75, 3.05) is 46.2 Å². The molecular formula is C126H204O24. The number of hydrogen-bond donors (Lipinski definition) is 0. The van der Waals surface area contributed by atoms with Crippen LogP contribution in [0.4, 0.5) is 0 Å². The van der Waals surface area contributed by atoms with E-state index in [1.807, 2.05) is 159 Å². The molecule has 24 heteroatoms. The third-order valence-electron chi connectivity index (χ3n) is 19.6. The predicted octanol–water partition coefficient (Wildman–Crippen LogP) is 31.6. The summed E-state index contributed by atoms with van der Waals surface area (Å²) in [5.74, 6) is -2.06. The monoisotopic (exact) mass is 2100 g/mol. The van der Waals surface area contributed by atoms with Crippen molar-refractivity contribution in [2.45, 2.75) is 404 Å². The fourth-order valence-electron chi connectivity index (χ4n) is 12.0. The summed E-state index contributed by atoms with van der Waals surface area (Å²) >= 11 is 0. The number of esters is 10. The number of hydrogen-bond acceptors (Lipinski definition) is 24. The van der Waals surface area contributed by atoms with E-state index in [-0.39, 0.29) is 96.4 Å². The van der Waals surface area contributed by atoms with E-state index < -0.39 is 5.60 Å². The van der Waals surface area contributed by atoms with Gasteiger partial charge in [0, 0.05) is 60.8 Å². The normalized spacial score (nSPS) is 10.6. The van der Waals surface area contributed by atoms with Gasteiger partial charge in [-0.25, -0.2) is 47.9 Å². The van der Waals surface area contributed by atoms with Crippen LogP contribution >= 0.6 is 0 Å². The number of rotatable bonds is 63. The Balaban J connectivity index is -0.000000179. The van der Waals surface area contributed by atoms with Gasteiger partial charge in [-0.05, 0) is 149 Å². The second-order valence-corrected chi connectivity index (χ2v) is 36.2. The van der Waals surface area contributed by atoms with Crippen LogP contribution in [0.25, 0.3) is 12.2 Å². The summed E-state index contributed by atoms with van der Waals surface area (Å²) in [6.07, 6.45) is 63.9. The maximum Gasteiger partial charge on any atom is 0.373 e.